The Morgan fingerprint density at radius 3 is 2.67 bits per heavy atom. The van der Waals surface area contributed by atoms with Gasteiger partial charge in [-0.3, -0.25) is 4.79 Å². The van der Waals surface area contributed by atoms with Crippen LogP contribution in [0.4, 0.5) is 0 Å². The summed E-state index contributed by atoms with van der Waals surface area (Å²) < 4.78 is 4.95. The molecule has 0 saturated carbocycles. The van der Waals surface area contributed by atoms with E-state index < -0.39 is 5.72 Å². The molecule has 0 bridgehead atoms. The Hall–Kier alpha value is -0.830. The predicted octanol–water partition coefficient (Wildman–Crippen LogP) is 0.0350. The van der Waals surface area contributed by atoms with Crippen molar-refractivity contribution in [2.24, 2.45) is 0 Å². The maximum atomic E-state index is 10.5. The van der Waals surface area contributed by atoms with Gasteiger partial charge in [0.2, 0.25) is 5.91 Å². The van der Waals surface area contributed by atoms with Crippen LogP contribution in [0.25, 0.3) is 0 Å². The zero-order valence-corrected chi connectivity index (χ0v) is 5.47. The van der Waals surface area contributed by atoms with Gasteiger partial charge in [-0.2, -0.15) is 0 Å². The molecule has 3 heteroatoms. The van der Waals surface area contributed by atoms with E-state index >= 15 is 0 Å². The molecule has 0 spiro atoms. The van der Waals surface area contributed by atoms with Gasteiger partial charge in [0, 0.05) is 13.2 Å². The van der Waals surface area contributed by atoms with Gasteiger partial charge in [0.05, 0.1) is 0 Å². The van der Waals surface area contributed by atoms with Crippen LogP contribution in [0.5, 0.6) is 0 Å². The maximum Gasteiger partial charge on any atom is 0.246 e. The fraction of sp³-hybridized carbons (Fsp3) is 0.500. The first-order valence-electron chi connectivity index (χ1n) is 2.73. The Morgan fingerprint density at radius 2 is 2.44 bits per heavy atom. The van der Waals surface area contributed by atoms with E-state index in [0.29, 0.717) is 0 Å². The number of amides is 1. The molecule has 0 aromatic carbocycles. The van der Waals surface area contributed by atoms with Crippen molar-refractivity contribution in [3.8, 4) is 0 Å². The van der Waals surface area contributed by atoms with Crippen molar-refractivity contribution in [3.05, 3.63) is 12.2 Å². The monoisotopic (exact) mass is 127 g/mol. The molecule has 0 aromatic rings. The number of rotatable bonds is 1. The largest absolute Gasteiger partial charge is 0.356 e. The predicted molar refractivity (Wildman–Crippen MR) is 32.7 cm³/mol. The quantitative estimate of drug-likeness (QED) is 0.540. The average Bonchev–Trinajstić information content (AvgIpc) is 2.13. The minimum Gasteiger partial charge on any atom is -0.356 e. The van der Waals surface area contributed by atoms with Crippen molar-refractivity contribution < 1.29 is 9.53 Å². The minimum absolute atomic E-state index is 0.0978. The molecule has 0 radical (unpaired) electrons. The second-order valence-electron chi connectivity index (χ2n) is 2.13. The van der Waals surface area contributed by atoms with E-state index in [-0.39, 0.29) is 5.91 Å². The van der Waals surface area contributed by atoms with Crippen LogP contribution in [-0.4, -0.2) is 18.7 Å². The average molecular weight is 127 g/mol. The van der Waals surface area contributed by atoms with Gasteiger partial charge in [-0.15, -0.1) is 0 Å². The molecule has 9 heavy (non-hydrogen) atoms. The van der Waals surface area contributed by atoms with E-state index in [1.165, 1.54) is 6.08 Å². The van der Waals surface area contributed by atoms with Crippen LogP contribution in [0.3, 0.4) is 0 Å². The van der Waals surface area contributed by atoms with Crippen LogP contribution in [0.2, 0.25) is 0 Å². The van der Waals surface area contributed by atoms with Crippen LogP contribution in [0.1, 0.15) is 6.92 Å². The van der Waals surface area contributed by atoms with Crippen molar-refractivity contribution in [1.82, 2.24) is 5.32 Å². The topological polar surface area (TPSA) is 38.3 Å². The molecule has 1 heterocycles. The lowest BCUT2D eigenvalue weighted by Gasteiger charge is -2.19. The number of carbonyl (C=O) groups excluding carboxylic acids is 1. The highest BCUT2D eigenvalue weighted by Gasteiger charge is 2.26. The van der Waals surface area contributed by atoms with Crippen molar-refractivity contribution in [2.75, 3.05) is 7.11 Å². The van der Waals surface area contributed by atoms with Gasteiger partial charge in [-0.1, -0.05) is 0 Å². The normalized spacial score (nSPS) is 32.9. The van der Waals surface area contributed by atoms with Crippen LogP contribution in [0, 0.1) is 0 Å². The first-order chi connectivity index (χ1) is 4.16. The molecule has 1 aliphatic heterocycles. The molecule has 1 atom stereocenters. The van der Waals surface area contributed by atoms with E-state index in [1.807, 2.05) is 0 Å². The summed E-state index contributed by atoms with van der Waals surface area (Å²) in [6.45, 7) is 1.79. The lowest BCUT2D eigenvalue weighted by Crippen LogP contribution is -2.40. The molecule has 1 amide bonds. The summed E-state index contributed by atoms with van der Waals surface area (Å²) in [6.07, 6.45) is 3.15. The Balaban J connectivity index is 2.68. The van der Waals surface area contributed by atoms with Crippen LogP contribution >= 0.6 is 0 Å². The Kier molecular flexibility index (Phi) is 1.29. The highest BCUT2D eigenvalue weighted by Crippen LogP contribution is 2.10. The van der Waals surface area contributed by atoms with Gasteiger partial charge in [0.25, 0.3) is 0 Å². The number of carbonyl (C=O) groups is 1. The van der Waals surface area contributed by atoms with Gasteiger partial charge >= 0.3 is 0 Å². The summed E-state index contributed by atoms with van der Waals surface area (Å²) in [5, 5.41) is 2.61. The highest BCUT2D eigenvalue weighted by molar-refractivity contribution is 5.90. The van der Waals surface area contributed by atoms with E-state index in [1.54, 1.807) is 20.1 Å². The van der Waals surface area contributed by atoms with Crippen LogP contribution in [0.15, 0.2) is 12.2 Å². The summed E-state index contributed by atoms with van der Waals surface area (Å²) >= 11 is 0. The smallest absolute Gasteiger partial charge is 0.246 e. The second kappa shape index (κ2) is 1.84. The summed E-state index contributed by atoms with van der Waals surface area (Å²) in [5.41, 5.74) is -0.572. The lowest BCUT2D eigenvalue weighted by molar-refractivity contribution is -0.120. The molecule has 1 N–H and O–H groups in total. The lowest BCUT2D eigenvalue weighted by atomic mass is 10.3. The fourth-order valence-corrected chi connectivity index (χ4v) is 0.682. The SMILES string of the molecule is COC1(C)C=CC(=O)N1. The number of methoxy groups -OCH3 is 1. The third kappa shape index (κ3) is 1.10. The highest BCUT2D eigenvalue weighted by atomic mass is 16.5. The number of hydrogen-bond donors (Lipinski definition) is 1. The van der Waals surface area contributed by atoms with Crippen molar-refractivity contribution in [3.63, 3.8) is 0 Å². The number of hydrogen-bond acceptors (Lipinski definition) is 2. The number of nitrogens with one attached hydrogen (secondary N) is 1. The van der Waals surface area contributed by atoms with Gasteiger partial charge in [-0.05, 0) is 13.0 Å². The fourth-order valence-electron chi connectivity index (χ4n) is 0.682. The molecule has 0 aromatic heterocycles. The third-order valence-electron chi connectivity index (χ3n) is 1.35. The maximum absolute atomic E-state index is 10.5. The molecule has 50 valence electrons. The zero-order chi connectivity index (χ0) is 6.91. The molecule has 1 aliphatic rings. The third-order valence-corrected chi connectivity index (χ3v) is 1.35. The van der Waals surface area contributed by atoms with Gasteiger partial charge in [0.15, 0.2) is 5.72 Å². The zero-order valence-electron chi connectivity index (χ0n) is 5.47. The van der Waals surface area contributed by atoms with Gasteiger partial charge in [0.1, 0.15) is 0 Å². The van der Waals surface area contributed by atoms with Crippen LogP contribution in [-0.2, 0) is 9.53 Å². The molecule has 1 rings (SSSR count). The van der Waals surface area contributed by atoms with Gasteiger partial charge < -0.3 is 10.1 Å². The molecular formula is C6H9NO2. The molecule has 3 nitrogen and oxygen atoms in total. The van der Waals surface area contributed by atoms with Crippen molar-refractivity contribution in [2.45, 2.75) is 12.6 Å². The minimum atomic E-state index is -0.572. The van der Waals surface area contributed by atoms with Crippen molar-refractivity contribution >= 4 is 5.91 Å². The van der Waals surface area contributed by atoms with E-state index in [0.717, 1.165) is 0 Å². The summed E-state index contributed by atoms with van der Waals surface area (Å²) in [4.78, 5) is 10.5. The first-order valence-corrected chi connectivity index (χ1v) is 2.73. The number of ether oxygens (including phenoxy) is 1. The summed E-state index contributed by atoms with van der Waals surface area (Å²) in [5.74, 6) is -0.0978. The summed E-state index contributed by atoms with van der Waals surface area (Å²) in [6, 6.07) is 0. The summed E-state index contributed by atoms with van der Waals surface area (Å²) in [7, 11) is 1.55. The molecule has 0 saturated heterocycles. The van der Waals surface area contributed by atoms with Crippen LogP contribution < -0.4 is 5.32 Å². The molecular weight excluding hydrogens is 118 g/mol. The standard InChI is InChI=1S/C6H9NO2/c1-6(9-2)4-3-5(8)7-6/h3-4H,1-2H3,(H,7,8). The Morgan fingerprint density at radius 1 is 1.78 bits per heavy atom. The molecule has 0 aliphatic carbocycles. The first kappa shape index (κ1) is 6.29. The van der Waals surface area contributed by atoms with E-state index in [4.69, 9.17) is 4.74 Å². The van der Waals surface area contributed by atoms with E-state index in [9.17, 15) is 4.79 Å². The Labute approximate surface area is 53.7 Å². The molecule has 1 unspecified atom stereocenters. The van der Waals surface area contributed by atoms with Crippen molar-refractivity contribution in [1.29, 1.82) is 0 Å². The van der Waals surface area contributed by atoms with E-state index in [2.05, 4.69) is 5.32 Å². The Bertz CT molecular complexity index is 164. The molecule has 0 fully saturated rings. The second-order valence-corrected chi connectivity index (χ2v) is 2.13. The van der Waals surface area contributed by atoms with Gasteiger partial charge in [-0.25, -0.2) is 0 Å².